The van der Waals surface area contributed by atoms with E-state index in [-0.39, 0.29) is 41.3 Å². The van der Waals surface area contributed by atoms with Crippen LogP contribution in [0.4, 0.5) is 13.2 Å². The van der Waals surface area contributed by atoms with Crippen molar-refractivity contribution in [2.75, 3.05) is 20.7 Å². The van der Waals surface area contributed by atoms with E-state index in [2.05, 4.69) is 20.4 Å². The summed E-state index contributed by atoms with van der Waals surface area (Å²) >= 11 is 0. The van der Waals surface area contributed by atoms with Crippen LogP contribution in [-0.4, -0.2) is 33.3 Å². The number of nitrogens with one attached hydrogen (secondary N) is 2. The van der Waals surface area contributed by atoms with Gasteiger partial charge in [0.15, 0.2) is 17.5 Å². The summed E-state index contributed by atoms with van der Waals surface area (Å²) in [5.74, 6) is 0.479. The van der Waals surface area contributed by atoms with Gasteiger partial charge in [0.1, 0.15) is 5.82 Å². The number of guanidine groups is 1. The minimum absolute atomic E-state index is 0. The van der Waals surface area contributed by atoms with E-state index in [4.69, 9.17) is 4.74 Å². The molecule has 0 spiro atoms. The third-order valence-electron chi connectivity index (χ3n) is 3.72. The van der Waals surface area contributed by atoms with Gasteiger partial charge in [-0.2, -0.15) is 8.78 Å². The van der Waals surface area contributed by atoms with Crippen molar-refractivity contribution in [2.45, 2.75) is 19.6 Å². The van der Waals surface area contributed by atoms with Crippen molar-refractivity contribution in [1.82, 2.24) is 10.6 Å². The molecule has 0 saturated carbocycles. The Labute approximate surface area is 179 Å². The van der Waals surface area contributed by atoms with Gasteiger partial charge in [-0.15, -0.1) is 24.0 Å². The smallest absolute Gasteiger partial charge is 0.387 e. The van der Waals surface area contributed by atoms with Gasteiger partial charge in [-0.3, -0.25) is 4.99 Å². The number of hydrogen-bond donors (Lipinski definition) is 2. The van der Waals surface area contributed by atoms with Gasteiger partial charge < -0.3 is 20.1 Å². The zero-order valence-electron chi connectivity index (χ0n) is 15.5. The quantitative estimate of drug-likeness (QED) is 0.322. The molecule has 0 saturated heterocycles. The molecule has 2 N–H and O–H groups in total. The van der Waals surface area contributed by atoms with E-state index in [1.54, 1.807) is 25.2 Å². The minimum atomic E-state index is -2.93. The Balaban J connectivity index is 0.00000392. The summed E-state index contributed by atoms with van der Waals surface area (Å²) in [6, 6.07) is 11.2. The van der Waals surface area contributed by atoms with Crippen LogP contribution < -0.4 is 20.1 Å². The molecular weight excluding hydrogens is 486 g/mol. The van der Waals surface area contributed by atoms with Crippen molar-refractivity contribution in [2.24, 2.45) is 4.99 Å². The number of halogens is 4. The summed E-state index contributed by atoms with van der Waals surface area (Å²) < 4.78 is 47.6. The van der Waals surface area contributed by atoms with Crippen molar-refractivity contribution in [1.29, 1.82) is 0 Å². The van der Waals surface area contributed by atoms with Gasteiger partial charge in [0, 0.05) is 20.1 Å². The van der Waals surface area contributed by atoms with Gasteiger partial charge in [0.25, 0.3) is 0 Å². The predicted octanol–water partition coefficient (Wildman–Crippen LogP) is 3.96. The lowest BCUT2D eigenvalue weighted by atomic mass is 10.1. The van der Waals surface area contributed by atoms with Crippen LogP contribution in [0.3, 0.4) is 0 Å². The standard InChI is InChI=1S/C19H22F3N3O2.HI/c1-23-19(24-9-8-13-4-3-5-15(20)10-13)25-12-14-6-7-16(26-2)17(11-14)27-18(21)22;/h3-7,10-11,18H,8-9,12H2,1-2H3,(H2,23,24,25);1H. The van der Waals surface area contributed by atoms with Crippen LogP contribution >= 0.6 is 24.0 Å². The van der Waals surface area contributed by atoms with E-state index < -0.39 is 6.61 Å². The summed E-state index contributed by atoms with van der Waals surface area (Å²) in [4.78, 5) is 4.10. The van der Waals surface area contributed by atoms with Gasteiger partial charge >= 0.3 is 6.61 Å². The Morgan fingerprint density at radius 3 is 2.50 bits per heavy atom. The predicted molar refractivity (Wildman–Crippen MR) is 113 cm³/mol. The second-order valence-electron chi connectivity index (χ2n) is 5.60. The van der Waals surface area contributed by atoms with Crippen molar-refractivity contribution in [3.8, 4) is 11.5 Å². The van der Waals surface area contributed by atoms with Gasteiger partial charge in [-0.1, -0.05) is 18.2 Å². The molecule has 2 aromatic rings. The molecule has 0 aliphatic heterocycles. The molecule has 0 amide bonds. The maximum absolute atomic E-state index is 13.2. The molecule has 154 valence electrons. The zero-order valence-corrected chi connectivity index (χ0v) is 17.9. The fraction of sp³-hybridized carbons (Fsp3) is 0.316. The number of ether oxygens (including phenoxy) is 2. The summed E-state index contributed by atoms with van der Waals surface area (Å²) in [7, 11) is 3.01. The Morgan fingerprint density at radius 2 is 1.86 bits per heavy atom. The van der Waals surface area contributed by atoms with Gasteiger partial charge in [-0.05, 0) is 41.8 Å². The molecule has 5 nitrogen and oxygen atoms in total. The molecule has 9 heteroatoms. The molecule has 0 heterocycles. The highest BCUT2D eigenvalue weighted by atomic mass is 127. The first-order valence-electron chi connectivity index (χ1n) is 8.32. The topological polar surface area (TPSA) is 54.9 Å². The van der Waals surface area contributed by atoms with E-state index in [0.29, 0.717) is 25.5 Å². The highest BCUT2D eigenvalue weighted by Gasteiger charge is 2.11. The first kappa shape index (κ1) is 23.9. The van der Waals surface area contributed by atoms with Gasteiger partial charge in [-0.25, -0.2) is 4.39 Å². The number of hydrogen-bond acceptors (Lipinski definition) is 3. The van der Waals surface area contributed by atoms with E-state index in [1.807, 2.05) is 6.07 Å². The van der Waals surface area contributed by atoms with Crippen LogP contribution in [0.25, 0.3) is 0 Å². The first-order chi connectivity index (χ1) is 13.0. The first-order valence-corrected chi connectivity index (χ1v) is 8.32. The lowest BCUT2D eigenvalue weighted by Gasteiger charge is -2.14. The van der Waals surface area contributed by atoms with Crippen molar-refractivity contribution >= 4 is 29.9 Å². The van der Waals surface area contributed by atoms with Gasteiger partial charge in [0.2, 0.25) is 0 Å². The lowest BCUT2D eigenvalue weighted by molar-refractivity contribution is -0.0512. The van der Waals surface area contributed by atoms with E-state index in [9.17, 15) is 13.2 Å². The minimum Gasteiger partial charge on any atom is -0.493 e. The molecule has 28 heavy (non-hydrogen) atoms. The highest BCUT2D eigenvalue weighted by molar-refractivity contribution is 14.0. The lowest BCUT2D eigenvalue weighted by Crippen LogP contribution is -2.37. The fourth-order valence-corrected chi connectivity index (χ4v) is 2.44. The molecule has 0 aromatic heterocycles. The molecule has 0 aliphatic carbocycles. The number of nitrogens with zero attached hydrogens (tertiary/aromatic N) is 1. The molecule has 0 atom stereocenters. The number of benzene rings is 2. The van der Waals surface area contributed by atoms with Crippen molar-refractivity contribution in [3.63, 3.8) is 0 Å². The van der Waals surface area contributed by atoms with Crippen molar-refractivity contribution in [3.05, 3.63) is 59.4 Å². The molecule has 2 rings (SSSR count). The number of aliphatic imine (C=N–C) groups is 1. The molecule has 0 aliphatic rings. The maximum Gasteiger partial charge on any atom is 0.387 e. The Kier molecular flexibility index (Phi) is 10.5. The second kappa shape index (κ2) is 12.3. The van der Waals surface area contributed by atoms with Crippen LogP contribution in [0.1, 0.15) is 11.1 Å². The average Bonchev–Trinajstić information content (AvgIpc) is 2.64. The van der Waals surface area contributed by atoms with Gasteiger partial charge in [0.05, 0.1) is 7.11 Å². The Morgan fingerprint density at radius 1 is 1.07 bits per heavy atom. The van der Waals surface area contributed by atoms with Crippen LogP contribution in [0.15, 0.2) is 47.5 Å². The summed E-state index contributed by atoms with van der Waals surface area (Å²) in [5.41, 5.74) is 1.60. The zero-order chi connectivity index (χ0) is 19.6. The van der Waals surface area contributed by atoms with Crippen molar-refractivity contribution < 1.29 is 22.6 Å². The molecular formula is C19H23F3IN3O2. The Bertz CT molecular complexity index is 776. The van der Waals surface area contributed by atoms with Crippen LogP contribution in [0.5, 0.6) is 11.5 Å². The van der Waals surface area contributed by atoms with Crippen LogP contribution in [-0.2, 0) is 13.0 Å². The number of alkyl halides is 2. The summed E-state index contributed by atoms with van der Waals surface area (Å²) in [6.45, 7) is -2.02. The number of rotatable bonds is 8. The van der Waals surface area contributed by atoms with Crippen LogP contribution in [0, 0.1) is 5.82 Å². The molecule has 0 radical (unpaired) electrons. The van der Waals surface area contributed by atoms with Crippen LogP contribution in [0.2, 0.25) is 0 Å². The fourth-order valence-electron chi connectivity index (χ4n) is 2.44. The third-order valence-corrected chi connectivity index (χ3v) is 3.72. The summed E-state index contributed by atoms with van der Waals surface area (Å²) in [6.07, 6.45) is 0.632. The maximum atomic E-state index is 13.2. The molecule has 0 fully saturated rings. The average molecular weight is 509 g/mol. The molecule has 0 unspecified atom stereocenters. The second-order valence-corrected chi connectivity index (χ2v) is 5.60. The molecule has 2 aromatic carbocycles. The SMILES string of the molecule is CN=C(NCCc1cccc(F)c1)NCc1ccc(OC)c(OC(F)F)c1.I. The summed E-state index contributed by atoms with van der Waals surface area (Å²) in [5, 5.41) is 6.20. The normalized spacial score (nSPS) is 11.0. The van der Waals surface area contributed by atoms with E-state index in [1.165, 1.54) is 25.3 Å². The highest BCUT2D eigenvalue weighted by Crippen LogP contribution is 2.29. The number of methoxy groups -OCH3 is 1. The largest absolute Gasteiger partial charge is 0.493 e. The monoisotopic (exact) mass is 509 g/mol. The third kappa shape index (κ3) is 7.83. The van der Waals surface area contributed by atoms with E-state index >= 15 is 0 Å². The molecule has 0 bridgehead atoms. The Hall–Kier alpha value is -2.17. The van der Waals surface area contributed by atoms with E-state index in [0.717, 1.165) is 11.1 Å².